The first-order chi connectivity index (χ1) is 17.0. The van der Waals surface area contributed by atoms with Crippen LogP contribution in [0.25, 0.3) is 21.3 Å². The van der Waals surface area contributed by atoms with Crippen molar-refractivity contribution in [1.29, 1.82) is 0 Å². The quantitative estimate of drug-likeness (QED) is 0.0820. The summed E-state index contributed by atoms with van der Waals surface area (Å²) in [4.78, 5) is 16.1. The lowest BCUT2D eigenvalue weighted by Gasteiger charge is -2.22. The van der Waals surface area contributed by atoms with Gasteiger partial charge < -0.3 is 25.7 Å². The van der Waals surface area contributed by atoms with Crippen molar-refractivity contribution in [2.24, 2.45) is 11.6 Å². The van der Waals surface area contributed by atoms with Gasteiger partial charge in [0.1, 0.15) is 12.3 Å². The van der Waals surface area contributed by atoms with Crippen LogP contribution in [0.2, 0.25) is 0 Å². The monoisotopic (exact) mass is 510 g/mol. The number of H-pyrrole nitrogens is 1. The summed E-state index contributed by atoms with van der Waals surface area (Å²) in [7, 11) is 1.43. The maximum absolute atomic E-state index is 11.7. The van der Waals surface area contributed by atoms with E-state index < -0.39 is 6.04 Å². The molecule has 1 unspecified atom stereocenters. The number of benzene rings is 2. The lowest BCUT2D eigenvalue weighted by Crippen LogP contribution is -2.40. The molecule has 4 aromatic rings. The largest absolute Gasteiger partial charge is 0.400 e. The Morgan fingerprint density at radius 1 is 1.17 bits per heavy atom. The normalized spacial score (nSPS) is 12.1. The Kier molecular flexibility index (Phi) is 10.4. The Balaban J connectivity index is 0.00000108. The van der Waals surface area contributed by atoms with Crippen molar-refractivity contribution in [3.8, 4) is 10.4 Å². The minimum absolute atomic E-state index is 0.440. The zero-order valence-corrected chi connectivity index (χ0v) is 21.0. The van der Waals surface area contributed by atoms with Crippen molar-refractivity contribution in [3.05, 3.63) is 90.4 Å². The van der Waals surface area contributed by atoms with Crippen molar-refractivity contribution in [3.63, 3.8) is 0 Å². The fraction of sp³-hybridized carbons (Fsp3) is 0.160. The number of hydroxylamine groups is 1. The molecule has 0 bridgehead atoms. The molecule has 0 aliphatic rings. The summed E-state index contributed by atoms with van der Waals surface area (Å²) in [5.74, 6) is 6.14. The SMILES string of the molecule is CNO.N/C(=C\N(N)C(C=O)Cc1c[nH]c2ccccc12)CNSc1ccc(-c2ccccc2)s1. The molecule has 4 rings (SSSR count). The summed E-state index contributed by atoms with van der Waals surface area (Å²) in [5.41, 5.74) is 11.7. The molecule has 0 saturated heterocycles. The minimum atomic E-state index is -0.508. The van der Waals surface area contributed by atoms with Gasteiger partial charge in [-0.1, -0.05) is 48.5 Å². The molecule has 184 valence electrons. The van der Waals surface area contributed by atoms with Gasteiger partial charge in [-0.2, -0.15) is 0 Å². The fourth-order valence-electron chi connectivity index (χ4n) is 3.41. The van der Waals surface area contributed by atoms with Crippen LogP contribution < -0.4 is 21.8 Å². The number of rotatable bonds is 10. The van der Waals surface area contributed by atoms with E-state index in [9.17, 15) is 4.79 Å². The van der Waals surface area contributed by atoms with Crippen LogP contribution in [-0.2, 0) is 11.2 Å². The van der Waals surface area contributed by atoms with Crippen molar-refractivity contribution < 1.29 is 10.0 Å². The number of aldehydes is 1. The van der Waals surface area contributed by atoms with Crippen LogP contribution in [-0.4, -0.2) is 41.1 Å². The van der Waals surface area contributed by atoms with E-state index in [2.05, 4.69) is 34.0 Å². The van der Waals surface area contributed by atoms with Crippen LogP contribution in [0.15, 0.2) is 89.0 Å². The Bertz CT molecular complexity index is 1220. The van der Waals surface area contributed by atoms with E-state index in [-0.39, 0.29) is 0 Å². The van der Waals surface area contributed by atoms with Gasteiger partial charge in [0.2, 0.25) is 0 Å². The number of hydrazine groups is 1. The van der Waals surface area contributed by atoms with Crippen LogP contribution in [0.1, 0.15) is 5.56 Å². The molecule has 2 aromatic carbocycles. The fourth-order valence-corrected chi connectivity index (χ4v) is 5.28. The molecular weight excluding hydrogens is 480 g/mol. The molecule has 0 radical (unpaired) electrons. The van der Waals surface area contributed by atoms with E-state index >= 15 is 0 Å². The lowest BCUT2D eigenvalue weighted by atomic mass is 10.1. The van der Waals surface area contributed by atoms with Gasteiger partial charge in [0.15, 0.2) is 0 Å². The number of carbonyl (C=O) groups excluding carboxylic acids is 1. The third kappa shape index (κ3) is 7.69. The van der Waals surface area contributed by atoms with E-state index in [0.29, 0.717) is 18.7 Å². The van der Waals surface area contributed by atoms with Gasteiger partial charge in [0.05, 0.1) is 4.21 Å². The third-order valence-electron chi connectivity index (χ3n) is 5.05. The van der Waals surface area contributed by atoms with E-state index in [1.54, 1.807) is 23.0 Å². The van der Waals surface area contributed by atoms with E-state index in [0.717, 1.165) is 27.0 Å². The van der Waals surface area contributed by atoms with Crippen molar-refractivity contribution in [2.45, 2.75) is 16.7 Å². The number of aromatic nitrogens is 1. The van der Waals surface area contributed by atoms with Gasteiger partial charge in [0, 0.05) is 53.9 Å². The molecule has 8 N–H and O–H groups in total. The highest BCUT2D eigenvalue weighted by molar-refractivity contribution is 7.99. The van der Waals surface area contributed by atoms with Gasteiger partial charge in [0.25, 0.3) is 0 Å². The third-order valence-corrected chi connectivity index (χ3v) is 7.10. The summed E-state index contributed by atoms with van der Waals surface area (Å²) in [6.45, 7) is 0.440. The van der Waals surface area contributed by atoms with Gasteiger partial charge in [-0.25, -0.2) is 11.3 Å². The number of thiophene rings is 1. The molecular formula is C25H30N6O2S2. The number of hydrogen-bond acceptors (Lipinski definition) is 9. The van der Waals surface area contributed by atoms with E-state index in [1.807, 2.05) is 48.7 Å². The summed E-state index contributed by atoms with van der Waals surface area (Å²) in [5, 5.41) is 9.79. The Morgan fingerprint density at radius 2 is 1.89 bits per heavy atom. The zero-order chi connectivity index (χ0) is 25.0. The summed E-state index contributed by atoms with van der Waals surface area (Å²) < 4.78 is 4.40. The van der Waals surface area contributed by atoms with Crippen molar-refractivity contribution in [2.75, 3.05) is 13.6 Å². The minimum Gasteiger partial charge on any atom is -0.400 e. The highest BCUT2D eigenvalue weighted by Gasteiger charge is 2.16. The van der Waals surface area contributed by atoms with Gasteiger partial charge in [-0.3, -0.25) is 4.72 Å². The Morgan fingerprint density at radius 3 is 2.63 bits per heavy atom. The van der Waals surface area contributed by atoms with Gasteiger partial charge in [-0.15, -0.1) is 11.3 Å². The number of hydrogen-bond donors (Lipinski definition) is 6. The predicted molar refractivity (Wildman–Crippen MR) is 145 cm³/mol. The first kappa shape index (κ1) is 26.5. The number of fused-ring (bicyclic) bond motifs is 1. The summed E-state index contributed by atoms with van der Waals surface area (Å²) in [6, 6.07) is 22.0. The molecule has 35 heavy (non-hydrogen) atoms. The number of nitrogens with two attached hydrogens (primary N) is 2. The lowest BCUT2D eigenvalue weighted by molar-refractivity contribution is -0.111. The molecule has 0 aliphatic heterocycles. The van der Waals surface area contributed by atoms with Crippen molar-refractivity contribution in [1.82, 2.24) is 20.2 Å². The molecule has 2 aromatic heterocycles. The molecule has 10 heteroatoms. The Hall–Kier alpha value is -3.12. The summed E-state index contributed by atoms with van der Waals surface area (Å²) in [6.07, 6.45) is 4.88. The van der Waals surface area contributed by atoms with Crippen molar-refractivity contribution >= 4 is 40.5 Å². The molecule has 0 fully saturated rings. The van der Waals surface area contributed by atoms with Crippen LogP contribution in [0.4, 0.5) is 0 Å². The Labute approximate surface area is 213 Å². The van der Waals surface area contributed by atoms with E-state index in [4.69, 9.17) is 16.8 Å². The smallest absolute Gasteiger partial charge is 0.144 e. The second kappa shape index (κ2) is 13.7. The van der Waals surface area contributed by atoms with E-state index in [1.165, 1.54) is 34.4 Å². The zero-order valence-electron chi connectivity index (χ0n) is 19.3. The standard InChI is InChI=1S/C24H25N5OS2.CH5NO/c25-19(14-28-32-24-11-10-23(31-24)17-6-2-1-3-7-17)15-29(26)20(16-30)12-18-13-27-22-9-5-4-8-21(18)22;1-2-3/h1-11,13,15-16,20,27-28H,12,14,25-26H2;2-3H,1H3/b19-15-;. The number of nitrogens with one attached hydrogen (secondary N) is 3. The topological polar surface area (TPSA) is 132 Å². The molecule has 8 nitrogen and oxygen atoms in total. The highest BCUT2D eigenvalue weighted by Crippen LogP contribution is 2.32. The maximum atomic E-state index is 11.7. The molecule has 0 amide bonds. The predicted octanol–water partition coefficient (Wildman–Crippen LogP) is 3.87. The highest BCUT2D eigenvalue weighted by atomic mass is 32.2. The number of aromatic amines is 1. The van der Waals surface area contributed by atoms with Crippen LogP contribution in [0.3, 0.4) is 0 Å². The molecule has 1 atom stereocenters. The molecule has 2 heterocycles. The average molecular weight is 511 g/mol. The second-order valence-corrected chi connectivity index (χ2v) is 9.82. The van der Waals surface area contributed by atoms with Gasteiger partial charge in [-0.05, 0) is 41.3 Å². The maximum Gasteiger partial charge on any atom is 0.144 e. The van der Waals surface area contributed by atoms with Gasteiger partial charge >= 0.3 is 0 Å². The first-order valence-electron chi connectivity index (χ1n) is 10.9. The average Bonchev–Trinajstić information content (AvgIpc) is 3.51. The molecule has 0 spiro atoms. The molecule has 0 saturated carbocycles. The van der Waals surface area contributed by atoms with Crippen LogP contribution >= 0.6 is 23.3 Å². The summed E-state index contributed by atoms with van der Waals surface area (Å²) >= 11 is 3.24. The van der Waals surface area contributed by atoms with Crippen LogP contribution in [0, 0.1) is 0 Å². The number of nitrogens with zero attached hydrogens (tertiary/aromatic N) is 1. The van der Waals surface area contributed by atoms with Crippen LogP contribution in [0.5, 0.6) is 0 Å². The number of para-hydroxylation sites is 1. The molecule has 0 aliphatic carbocycles. The number of carbonyl (C=O) groups is 1. The second-order valence-electron chi connectivity index (χ2n) is 7.55. The first-order valence-corrected chi connectivity index (χ1v) is 12.5.